The molecule has 2 aromatic rings. The number of nitrogens with zero attached hydrogens (tertiary/aromatic N) is 3. The van der Waals surface area contributed by atoms with Crippen LogP contribution in [0.5, 0.6) is 0 Å². The summed E-state index contributed by atoms with van der Waals surface area (Å²) in [4.78, 5) is 29.0. The van der Waals surface area contributed by atoms with Gasteiger partial charge in [-0.25, -0.2) is 0 Å². The summed E-state index contributed by atoms with van der Waals surface area (Å²) in [7, 11) is 0. The highest BCUT2D eigenvalue weighted by Gasteiger charge is 2.32. The Hall–Kier alpha value is -2.76. The summed E-state index contributed by atoms with van der Waals surface area (Å²) >= 11 is 0. The van der Waals surface area contributed by atoms with Crippen molar-refractivity contribution in [2.45, 2.75) is 26.3 Å². The van der Waals surface area contributed by atoms with Crippen molar-refractivity contribution in [3.63, 3.8) is 0 Å². The lowest BCUT2D eigenvalue weighted by Gasteiger charge is -2.22. The number of nitro groups is 1. The second-order valence-electron chi connectivity index (χ2n) is 5.49. The lowest BCUT2D eigenvalue weighted by Crippen LogP contribution is -2.35. The zero-order valence-electron chi connectivity index (χ0n) is 12.3. The second kappa shape index (κ2) is 5.22. The van der Waals surface area contributed by atoms with E-state index in [4.69, 9.17) is 0 Å². The standard InChI is InChI=1S/C16H15N3O3/c1-10-3-4-12(9-17-10)16(20)18-11(2)7-13-8-14(19(21)22)5-6-15(13)18/h3-6,8-9,11H,7H2,1-2H3/t11-/m1/s1. The first-order chi connectivity index (χ1) is 10.5. The summed E-state index contributed by atoms with van der Waals surface area (Å²) < 4.78 is 0. The van der Waals surface area contributed by atoms with Crippen LogP contribution in [0.25, 0.3) is 0 Å². The van der Waals surface area contributed by atoms with Crippen molar-refractivity contribution in [1.29, 1.82) is 0 Å². The number of amides is 1. The Morgan fingerprint density at radius 3 is 2.77 bits per heavy atom. The summed E-state index contributed by atoms with van der Waals surface area (Å²) in [5, 5.41) is 10.9. The number of carbonyl (C=O) groups is 1. The molecule has 0 fully saturated rings. The van der Waals surface area contributed by atoms with E-state index in [0.717, 1.165) is 16.9 Å². The molecule has 6 nitrogen and oxygen atoms in total. The first-order valence-corrected chi connectivity index (χ1v) is 7.01. The van der Waals surface area contributed by atoms with Crippen molar-refractivity contribution in [2.75, 3.05) is 4.90 Å². The third-order valence-corrected chi connectivity index (χ3v) is 3.87. The van der Waals surface area contributed by atoms with E-state index in [-0.39, 0.29) is 17.6 Å². The molecule has 0 aliphatic carbocycles. The molecule has 3 rings (SSSR count). The number of pyridine rings is 1. The Bertz CT molecular complexity index is 756. The van der Waals surface area contributed by atoms with Crippen molar-refractivity contribution < 1.29 is 9.72 Å². The molecule has 22 heavy (non-hydrogen) atoms. The van der Waals surface area contributed by atoms with Crippen molar-refractivity contribution in [3.05, 3.63) is 63.5 Å². The van der Waals surface area contributed by atoms with Crippen molar-refractivity contribution in [1.82, 2.24) is 4.98 Å². The number of anilines is 1. The minimum Gasteiger partial charge on any atom is -0.305 e. The Balaban J connectivity index is 1.98. The fraction of sp³-hybridized carbons (Fsp3) is 0.250. The first kappa shape index (κ1) is 14.2. The number of carbonyl (C=O) groups excluding carboxylic acids is 1. The zero-order valence-corrected chi connectivity index (χ0v) is 12.3. The summed E-state index contributed by atoms with van der Waals surface area (Å²) in [6.45, 7) is 3.80. The fourth-order valence-electron chi connectivity index (χ4n) is 2.77. The van der Waals surface area contributed by atoms with E-state index in [1.807, 2.05) is 13.8 Å². The smallest absolute Gasteiger partial charge is 0.269 e. The van der Waals surface area contributed by atoms with Gasteiger partial charge in [-0.1, -0.05) is 0 Å². The van der Waals surface area contributed by atoms with Crippen LogP contribution in [0, 0.1) is 17.0 Å². The molecule has 112 valence electrons. The normalized spacial score (nSPS) is 16.5. The molecule has 0 saturated carbocycles. The van der Waals surface area contributed by atoms with Gasteiger partial charge in [-0.15, -0.1) is 0 Å². The number of rotatable bonds is 2. The molecule has 0 bridgehead atoms. The molecule has 6 heteroatoms. The molecule has 0 unspecified atom stereocenters. The topological polar surface area (TPSA) is 76.3 Å². The maximum atomic E-state index is 12.7. The average molecular weight is 297 g/mol. The van der Waals surface area contributed by atoms with E-state index in [0.29, 0.717) is 12.0 Å². The van der Waals surface area contributed by atoms with Crippen molar-refractivity contribution in [2.24, 2.45) is 0 Å². The molecule has 0 saturated heterocycles. The molecule has 1 aromatic heterocycles. The molecular weight excluding hydrogens is 282 g/mol. The van der Waals surface area contributed by atoms with Gasteiger partial charge in [-0.3, -0.25) is 19.9 Å². The minimum atomic E-state index is -0.417. The van der Waals surface area contributed by atoms with Crippen molar-refractivity contribution in [3.8, 4) is 0 Å². The quantitative estimate of drug-likeness (QED) is 0.631. The van der Waals surface area contributed by atoms with Gasteiger partial charge in [0.2, 0.25) is 0 Å². The maximum absolute atomic E-state index is 12.7. The van der Waals surface area contributed by atoms with Crippen LogP contribution in [0.3, 0.4) is 0 Å². The molecular formula is C16H15N3O3. The molecule has 0 N–H and O–H groups in total. The van der Waals surface area contributed by atoms with Gasteiger partial charge >= 0.3 is 0 Å². The SMILES string of the molecule is Cc1ccc(C(=O)N2c3ccc([N+](=O)[O-])cc3C[C@H]2C)cn1. The first-order valence-electron chi connectivity index (χ1n) is 7.01. The lowest BCUT2D eigenvalue weighted by molar-refractivity contribution is -0.384. The number of aryl methyl sites for hydroxylation is 1. The third-order valence-electron chi connectivity index (χ3n) is 3.87. The molecule has 2 heterocycles. The number of benzene rings is 1. The zero-order chi connectivity index (χ0) is 15.9. The molecule has 1 atom stereocenters. The van der Waals surface area contributed by atoms with Gasteiger partial charge < -0.3 is 4.90 Å². The summed E-state index contributed by atoms with van der Waals surface area (Å²) in [5.41, 5.74) is 2.99. The number of fused-ring (bicyclic) bond motifs is 1. The van der Waals surface area contributed by atoms with Crippen LogP contribution in [0.1, 0.15) is 28.5 Å². The van der Waals surface area contributed by atoms with Crippen molar-refractivity contribution >= 4 is 17.3 Å². The van der Waals surface area contributed by atoms with Gasteiger partial charge in [0, 0.05) is 35.8 Å². The van der Waals surface area contributed by atoms with Gasteiger partial charge in [0.25, 0.3) is 11.6 Å². The maximum Gasteiger partial charge on any atom is 0.269 e. The highest BCUT2D eigenvalue weighted by molar-refractivity contribution is 6.07. The highest BCUT2D eigenvalue weighted by atomic mass is 16.6. The van der Waals surface area contributed by atoms with Gasteiger partial charge in [-0.05, 0) is 44.0 Å². The highest BCUT2D eigenvalue weighted by Crippen LogP contribution is 2.35. The van der Waals surface area contributed by atoms with E-state index in [2.05, 4.69) is 4.98 Å². The van der Waals surface area contributed by atoms with Crippen LogP contribution in [-0.2, 0) is 6.42 Å². The van der Waals surface area contributed by atoms with Gasteiger partial charge in [0.15, 0.2) is 0 Å². The fourth-order valence-corrected chi connectivity index (χ4v) is 2.77. The Labute approximate surface area is 127 Å². The summed E-state index contributed by atoms with van der Waals surface area (Å²) in [6.07, 6.45) is 2.18. The molecule has 1 aromatic carbocycles. The van der Waals surface area contributed by atoms with Crippen LogP contribution in [0.2, 0.25) is 0 Å². The Morgan fingerprint density at radius 2 is 2.14 bits per heavy atom. The number of hydrogen-bond donors (Lipinski definition) is 0. The van der Waals surface area contributed by atoms with E-state index in [1.54, 1.807) is 35.4 Å². The number of hydrogen-bond acceptors (Lipinski definition) is 4. The Morgan fingerprint density at radius 1 is 1.36 bits per heavy atom. The largest absolute Gasteiger partial charge is 0.305 e. The van der Waals surface area contributed by atoms with Crippen LogP contribution < -0.4 is 4.90 Å². The van der Waals surface area contributed by atoms with Crippen LogP contribution in [-0.4, -0.2) is 21.9 Å². The average Bonchev–Trinajstić information content (AvgIpc) is 2.82. The molecule has 0 radical (unpaired) electrons. The van der Waals surface area contributed by atoms with Crippen LogP contribution in [0.15, 0.2) is 36.5 Å². The van der Waals surface area contributed by atoms with E-state index >= 15 is 0 Å². The van der Waals surface area contributed by atoms with Gasteiger partial charge in [0.1, 0.15) is 0 Å². The number of aromatic nitrogens is 1. The van der Waals surface area contributed by atoms with E-state index < -0.39 is 4.92 Å². The number of nitro benzene ring substituents is 1. The minimum absolute atomic E-state index is 0.0363. The number of non-ortho nitro benzene ring substituents is 1. The lowest BCUT2D eigenvalue weighted by atomic mass is 10.1. The molecule has 0 spiro atoms. The summed E-state index contributed by atoms with van der Waals surface area (Å²) in [6, 6.07) is 8.14. The molecule has 1 aliphatic rings. The Kier molecular flexibility index (Phi) is 3.36. The van der Waals surface area contributed by atoms with Gasteiger partial charge in [-0.2, -0.15) is 0 Å². The van der Waals surface area contributed by atoms with Gasteiger partial charge in [0.05, 0.1) is 10.5 Å². The monoisotopic (exact) mass is 297 g/mol. The van der Waals surface area contributed by atoms with Crippen LogP contribution >= 0.6 is 0 Å². The second-order valence-corrected chi connectivity index (χ2v) is 5.49. The van der Waals surface area contributed by atoms with Crippen LogP contribution in [0.4, 0.5) is 11.4 Å². The predicted molar refractivity (Wildman–Crippen MR) is 82.0 cm³/mol. The molecule has 1 aliphatic heterocycles. The predicted octanol–water partition coefficient (Wildman–Crippen LogP) is 2.89. The summed E-state index contributed by atoms with van der Waals surface area (Å²) in [5.74, 6) is -0.132. The molecule has 1 amide bonds. The van der Waals surface area contributed by atoms with E-state index in [9.17, 15) is 14.9 Å². The van der Waals surface area contributed by atoms with E-state index in [1.165, 1.54) is 6.07 Å². The third kappa shape index (κ3) is 2.32.